The van der Waals surface area contributed by atoms with Gasteiger partial charge in [-0.05, 0) is 0 Å². The molecule has 0 rings (SSSR count). The van der Waals surface area contributed by atoms with Gasteiger partial charge in [-0.25, -0.2) is 0 Å². The molecule has 0 nitrogen and oxygen atoms in total. The van der Waals surface area contributed by atoms with E-state index in [0.717, 1.165) is 0 Å². The Balaban J connectivity index is 0. The molecule has 2 heteroatoms. The van der Waals surface area contributed by atoms with E-state index in [0.29, 0.717) is 0 Å². The minimum absolute atomic E-state index is 0. The lowest BCUT2D eigenvalue weighted by Crippen LogP contribution is -3.00. The summed E-state index contributed by atoms with van der Waals surface area (Å²) in [6.45, 7) is 6.44. The number of halogens is 1. The molecule has 0 fully saturated rings. The summed E-state index contributed by atoms with van der Waals surface area (Å²) in [5, 5.41) is 0. The maximum atomic E-state index is 5.12. The molecule has 0 aromatic heterocycles. The molecule has 0 aromatic carbocycles. The summed E-state index contributed by atoms with van der Waals surface area (Å²) in [6, 6.07) is 0. The molecule has 0 heterocycles. The first-order valence-corrected chi connectivity index (χ1v) is 5.54. The Hall–Kier alpha value is 0.0669. The summed E-state index contributed by atoms with van der Waals surface area (Å²) in [5.74, 6) is 0. The molecule has 7 heavy (non-hydrogen) atoms. The zero-order valence-electron chi connectivity index (χ0n) is 4.96. The Morgan fingerprint density at radius 3 is 1.43 bits per heavy atom. The van der Waals surface area contributed by atoms with E-state index >= 15 is 0 Å². The lowest BCUT2D eigenvalue weighted by molar-refractivity contribution is -0.00000159. The second-order valence-corrected chi connectivity index (χ2v) is 7.18. The molecule has 0 atom stereocenters. The molecular weight excluding hydrogens is 124 g/mol. The first kappa shape index (κ1) is 10.1. The summed E-state index contributed by atoms with van der Waals surface area (Å²) in [5.41, 5.74) is 2.74. The van der Waals surface area contributed by atoms with E-state index in [-0.39, 0.29) is 12.4 Å². The van der Waals surface area contributed by atoms with Gasteiger partial charge >= 0.3 is 0 Å². The van der Waals surface area contributed by atoms with Crippen molar-refractivity contribution >= 4 is 8.07 Å². The van der Waals surface area contributed by atoms with Crippen LogP contribution >= 0.6 is 0 Å². The van der Waals surface area contributed by atoms with Gasteiger partial charge in [0.1, 0.15) is 8.07 Å². The summed E-state index contributed by atoms with van der Waals surface area (Å²) < 4.78 is 0. The van der Waals surface area contributed by atoms with Crippen LogP contribution in [0.25, 0.3) is 0 Å². The van der Waals surface area contributed by atoms with Gasteiger partial charge in [0.15, 0.2) is 0 Å². The fraction of sp³-hybridized carbons (Fsp3) is 0.600. The van der Waals surface area contributed by atoms with Crippen molar-refractivity contribution in [3.8, 4) is 12.0 Å². The molecule has 0 amide bonds. The zero-order chi connectivity index (χ0) is 5.21. The number of rotatable bonds is 0. The molecule has 0 aliphatic rings. The highest BCUT2D eigenvalue weighted by molar-refractivity contribution is 6.83. The minimum Gasteiger partial charge on any atom is -1.00 e. The monoisotopic (exact) mass is 133 g/mol. The topological polar surface area (TPSA) is 0 Å². The van der Waals surface area contributed by atoms with Gasteiger partial charge in [-0.15, -0.1) is 12.0 Å². The third-order valence-corrected chi connectivity index (χ3v) is 1.30. The van der Waals surface area contributed by atoms with Crippen molar-refractivity contribution in [3.63, 3.8) is 0 Å². The van der Waals surface area contributed by atoms with Crippen LogP contribution < -0.4 is 12.4 Å². The van der Waals surface area contributed by atoms with E-state index in [4.69, 9.17) is 6.42 Å². The maximum Gasteiger partial charge on any atom is 0.128 e. The van der Waals surface area contributed by atoms with E-state index in [1.54, 1.807) is 0 Å². The maximum absolute atomic E-state index is 5.12. The highest BCUT2D eigenvalue weighted by Gasteiger charge is 2.05. The average molecular weight is 134 g/mol. The van der Waals surface area contributed by atoms with Crippen molar-refractivity contribution in [2.75, 3.05) is 0 Å². The Bertz CT molecular complexity index is 75.1. The van der Waals surface area contributed by atoms with Crippen molar-refractivity contribution in [2.45, 2.75) is 19.6 Å². The number of hydrogen-bond donors (Lipinski definition) is 0. The van der Waals surface area contributed by atoms with Gasteiger partial charge in [0.05, 0.1) is 0 Å². The van der Waals surface area contributed by atoms with Crippen LogP contribution in [-0.2, 0) is 0 Å². The standard InChI is InChI=1S/C5H10Si.ClH/c1-5-6(2,3)4;/h1H,2-4H3;1H/p-1. The molecule has 0 aliphatic carbocycles. The lowest BCUT2D eigenvalue weighted by Gasteiger charge is -2.00. The van der Waals surface area contributed by atoms with Gasteiger partial charge in [0, 0.05) is 0 Å². The predicted octanol–water partition coefficient (Wildman–Crippen LogP) is -1.50. The average Bonchev–Trinajstić information content (AvgIpc) is 1.35. The van der Waals surface area contributed by atoms with Crippen LogP contribution in [-0.4, -0.2) is 8.07 Å². The third-order valence-electron chi connectivity index (χ3n) is 0.433. The Labute approximate surface area is 52.7 Å². The van der Waals surface area contributed by atoms with Crippen LogP contribution in [0.2, 0.25) is 19.6 Å². The van der Waals surface area contributed by atoms with Crippen LogP contribution in [0.5, 0.6) is 0 Å². The van der Waals surface area contributed by atoms with Crippen LogP contribution in [0.3, 0.4) is 0 Å². The van der Waals surface area contributed by atoms with Crippen LogP contribution in [0, 0.1) is 12.0 Å². The fourth-order valence-electron chi connectivity index (χ4n) is 0. The van der Waals surface area contributed by atoms with Crippen LogP contribution in [0.4, 0.5) is 0 Å². The number of terminal acetylenes is 1. The second-order valence-electron chi connectivity index (χ2n) is 2.39. The van der Waals surface area contributed by atoms with Crippen molar-refractivity contribution in [2.24, 2.45) is 0 Å². The molecule has 42 valence electrons. The molecule has 0 saturated heterocycles. The van der Waals surface area contributed by atoms with Gasteiger partial charge in [0.25, 0.3) is 0 Å². The smallest absolute Gasteiger partial charge is 0.128 e. The van der Waals surface area contributed by atoms with Gasteiger partial charge in [0.2, 0.25) is 0 Å². The Morgan fingerprint density at radius 1 is 1.29 bits per heavy atom. The van der Waals surface area contributed by atoms with Crippen molar-refractivity contribution < 1.29 is 12.4 Å². The second kappa shape index (κ2) is 3.12. The third kappa shape index (κ3) is 10.7. The van der Waals surface area contributed by atoms with Crippen molar-refractivity contribution in [1.29, 1.82) is 0 Å². The highest BCUT2D eigenvalue weighted by atomic mass is 35.5. The Morgan fingerprint density at radius 2 is 1.43 bits per heavy atom. The van der Waals surface area contributed by atoms with E-state index < -0.39 is 8.07 Å². The normalized spacial score (nSPS) is 8.86. The lowest BCUT2D eigenvalue weighted by atomic mass is 11.4. The Kier molecular flexibility index (Phi) is 4.51. The molecular formula is C5H10ClSi-. The van der Waals surface area contributed by atoms with E-state index in [1.807, 2.05) is 0 Å². The number of hydrogen-bond acceptors (Lipinski definition) is 0. The fourth-order valence-corrected chi connectivity index (χ4v) is 0. The van der Waals surface area contributed by atoms with Gasteiger partial charge in [-0.1, -0.05) is 19.6 Å². The van der Waals surface area contributed by atoms with Gasteiger partial charge < -0.3 is 12.4 Å². The SMILES string of the molecule is C#C[Si](C)(C)C.[Cl-]. The molecule has 0 N–H and O–H groups in total. The largest absolute Gasteiger partial charge is 1.00 e. The first-order valence-electron chi connectivity index (χ1n) is 2.04. The van der Waals surface area contributed by atoms with E-state index in [2.05, 4.69) is 25.2 Å². The van der Waals surface area contributed by atoms with Crippen LogP contribution in [0.1, 0.15) is 0 Å². The molecule has 0 saturated carbocycles. The van der Waals surface area contributed by atoms with Crippen LogP contribution in [0.15, 0.2) is 0 Å². The minimum atomic E-state index is -1.10. The summed E-state index contributed by atoms with van der Waals surface area (Å²) in [7, 11) is -1.10. The summed E-state index contributed by atoms with van der Waals surface area (Å²) >= 11 is 0. The molecule has 0 spiro atoms. The highest BCUT2D eigenvalue weighted by Crippen LogP contribution is 1.94. The first-order chi connectivity index (χ1) is 2.56. The van der Waals surface area contributed by atoms with E-state index in [9.17, 15) is 0 Å². The summed E-state index contributed by atoms with van der Waals surface area (Å²) in [6.07, 6.45) is 5.12. The van der Waals surface area contributed by atoms with E-state index in [1.165, 1.54) is 0 Å². The van der Waals surface area contributed by atoms with Crippen molar-refractivity contribution in [3.05, 3.63) is 0 Å². The quantitative estimate of drug-likeness (QED) is 0.279. The van der Waals surface area contributed by atoms with Gasteiger partial charge in [-0.2, -0.15) is 0 Å². The molecule has 0 unspecified atom stereocenters. The molecule has 0 aromatic rings. The predicted molar refractivity (Wildman–Crippen MR) is 32.2 cm³/mol. The molecule has 0 bridgehead atoms. The van der Waals surface area contributed by atoms with Gasteiger partial charge in [-0.3, -0.25) is 0 Å². The molecule has 0 aliphatic heterocycles. The molecule has 0 radical (unpaired) electrons. The summed E-state index contributed by atoms with van der Waals surface area (Å²) in [4.78, 5) is 0. The van der Waals surface area contributed by atoms with Crippen molar-refractivity contribution in [1.82, 2.24) is 0 Å². The zero-order valence-corrected chi connectivity index (χ0v) is 6.71.